The van der Waals surface area contributed by atoms with E-state index < -0.39 is 0 Å². The summed E-state index contributed by atoms with van der Waals surface area (Å²) in [6, 6.07) is 0.505. The van der Waals surface area contributed by atoms with Gasteiger partial charge in [-0.2, -0.15) is 0 Å². The Balaban J connectivity index is 1.47. The van der Waals surface area contributed by atoms with Crippen LogP contribution in [0.5, 0.6) is 0 Å². The van der Waals surface area contributed by atoms with E-state index >= 15 is 0 Å². The summed E-state index contributed by atoms with van der Waals surface area (Å²) < 4.78 is 11.3. The van der Waals surface area contributed by atoms with E-state index in [4.69, 9.17) is 9.47 Å². The van der Waals surface area contributed by atoms with E-state index in [1.165, 1.54) is 4.88 Å². The number of likely N-dealkylation sites (tertiary alicyclic amines) is 1. The number of fused-ring (bicyclic) bond motifs is 1. The molecule has 4 heterocycles. The van der Waals surface area contributed by atoms with Crippen LogP contribution >= 0.6 is 11.3 Å². The van der Waals surface area contributed by atoms with E-state index in [-0.39, 0.29) is 24.7 Å². The van der Waals surface area contributed by atoms with Gasteiger partial charge in [0.05, 0.1) is 23.4 Å². The molecule has 4 rings (SSSR count). The van der Waals surface area contributed by atoms with E-state index in [0.717, 1.165) is 51.4 Å². The lowest BCUT2D eigenvalue weighted by Gasteiger charge is -2.43. The molecular formula is C16H23N3O3S. The second-order valence-corrected chi connectivity index (χ2v) is 7.56. The van der Waals surface area contributed by atoms with E-state index in [1.54, 1.807) is 11.3 Å². The molecule has 6 nitrogen and oxygen atoms in total. The molecule has 0 bridgehead atoms. The first kappa shape index (κ1) is 15.5. The molecule has 1 aromatic rings. The summed E-state index contributed by atoms with van der Waals surface area (Å²) in [5.41, 5.74) is 3.02. The normalized spacial score (nSPS) is 30.0. The number of rotatable bonds is 3. The minimum absolute atomic E-state index is 0.142. The van der Waals surface area contributed by atoms with Gasteiger partial charge >= 0.3 is 0 Å². The van der Waals surface area contributed by atoms with Crippen molar-refractivity contribution in [3.05, 3.63) is 16.1 Å². The molecule has 0 radical (unpaired) electrons. The number of thiazole rings is 1. The number of hydrogen-bond donors (Lipinski definition) is 0. The van der Waals surface area contributed by atoms with Crippen LogP contribution in [0.3, 0.4) is 0 Å². The van der Waals surface area contributed by atoms with Crippen LogP contribution in [0.15, 0.2) is 5.51 Å². The van der Waals surface area contributed by atoms with Crippen molar-refractivity contribution in [3.8, 4) is 0 Å². The van der Waals surface area contributed by atoms with Crippen LogP contribution in [0.4, 0.5) is 0 Å². The zero-order valence-electron chi connectivity index (χ0n) is 13.4. The van der Waals surface area contributed by atoms with Crippen LogP contribution in [0.25, 0.3) is 0 Å². The van der Waals surface area contributed by atoms with Crippen molar-refractivity contribution < 1.29 is 14.3 Å². The summed E-state index contributed by atoms with van der Waals surface area (Å²) in [5, 5.41) is 0. The third-order valence-corrected chi connectivity index (χ3v) is 6.09. The average molecular weight is 337 g/mol. The molecule has 0 N–H and O–H groups in total. The zero-order chi connectivity index (χ0) is 15.8. The van der Waals surface area contributed by atoms with Crippen molar-refractivity contribution in [2.45, 2.75) is 44.5 Å². The van der Waals surface area contributed by atoms with Crippen LogP contribution in [-0.2, 0) is 20.8 Å². The quantitative estimate of drug-likeness (QED) is 0.825. The topological polar surface area (TPSA) is 54.9 Å². The van der Waals surface area contributed by atoms with Crippen molar-refractivity contribution in [2.24, 2.45) is 0 Å². The highest BCUT2D eigenvalue weighted by Gasteiger charge is 2.45. The van der Waals surface area contributed by atoms with Gasteiger partial charge in [0.25, 0.3) is 0 Å². The van der Waals surface area contributed by atoms with E-state index in [0.29, 0.717) is 6.04 Å². The molecule has 0 spiro atoms. The second-order valence-electron chi connectivity index (χ2n) is 6.62. The molecule has 23 heavy (non-hydrogen) atoms. The molecule has 1 amide bonds. The monoisotopic (exact) mass is 337 g/mol. The number of ether oxygens (including phenoxy) is 2. The highest BCUT2D eigenvalue weighted by Crippen LogP contribution is 2.30. The second kappa shape index (κ2) is 6.47. The van der Waals surface area contributed by atoms with Gasteiger partial charge in [0.2, 0.25) is 5.91 Å². The van der Waals surface area contributed by atoms with E-state index in [2.05, 4.69) is 21.7 Å². The number of nitrogens with zero attached hydrogens (tertiary/aromatic N) is 3. The molecule has 0 unspecified atom stereocenters. The number of carbonyl (C=O) groups is 1. The van der Waals surface area contributed by atoms with Gasteiger partial charge in [0.1, 0.15) is 6.61 Å². The number of hydrogen-bond acceptors (Lipinski definition) is 6. The molecule has 2 atom stereocenters. The van der Waals surface area contributed by atoms with Crippen LogP contribution in [0.2, 0.25) is 0 Å². The molecule has 3 aliphatic rings. The third-order valence-electron chi connectivity index (χ3n) is 5.18. The van der Waals surface area contributed by atoms with Crippen LogP contribution in [0, 0.1) is 6.92 Å². The van der Waals surface area contributed by atoms with Gasteiger partial charge in [-0.15, -0.1) is 11.3 Å². The minimum Gasteiger partial charge on any atom is -0.381 e. The zero-order valence-corrected chi connectivity index (χ0v) is 14.3. The maximum absolute atomic E-state index is 12.4. The fourth-order valence-electron chi connectivity index (χ4n) is 3.95. The predicted molar refractivity (Wildman–Crippen MR) is 86.3 cm³/mol. The fraction of sp³-hybridized carbons (Fsp3) is 0.750. The Kier molecular flexibility index (Phi) is 4.36. The van der Waals surface area contributed by atoms with E-state index in [1.807, 2.05) is 5.51 Å². The first-order valence-electron chi connectivity index (χ1n) is 8.34. The number of amides is 1. The lowest BCUT2D eigenvalue weighted by atomic mass is 10.0. The lowest BCUT2D eigenvalue weighted by Crippen LogP contribution is -2.58. The summed E-state index contributed by atoms with van der Waals surface area (Å²) in [6.07, 6.45) is 2.04. The smallest absolute Gasteiger partial charge is 0.249 e. The molecule has 126 valence electrons. The number of aromatic nitrogens is 1. The predicted octanol–water partition coefficient (Wildman–Crippen LogP) is 1.04. The highest BCUT2D eigenvalue weighted by molar-refractivity contribution is 7.09. The first-order valence-corrected chi connectivity index (χ1v) is 9.22. The van der Waals surface area contributed by atoms with E-state index in [9.17, 15) is 4.79 Å². The molecule has 0 aliphatic carbocycles. The Bertz CT molecular complexity index is 573. The molecule has 3 fully saturated rings. The molecular weight excluding hydrogens is 314 g/mol. The largest absolute Gasteiger partial charge is 0.381 e. The van der Waals surface area contributed by atoms with Crippen molar-refractivity contribution in [3.63, 3.8) is 0 Å². The van der Waals surface area contributed by atoms with Gasteiger partial charge in [-0.25, -0.2) is 4.98 Å². The van der Waals surface area contributed by atoms with Crippen LogP contribution in [-0.4, -0.2) is 71.8 Å². The van der Waals surface area contributed by atoms with Crippen molar-refractivity contribution in [1.82, 2.24) is 14.8 Å². The Morgan fingerprint density at radius 2 is 2.17 bits per heavy atom. The SMILES string of the molecule is Cc1ncsc1CN1C[C@@H]2OCC(=O)N(C3CCOCC3)[C@H]2C1. The van der Waals surface area contributed by atoms with Gasteiger partial charge in [-0.1, -0.05) is 0 Å². The number of aryl methyl sites for hydroxylation is 1. The lowest BCUT2D eigenvalue weighted by molar-refractivity contribution is -0.159. The standard InChI is InChI=1S/C16H23N3O3S/c1-11-15(23-10-17-11)8-18-6-13-14(7-18)22-9-16(20)19(13)12-2-4-21-5-3-12/h10,12-14H,2-9H2,1H3/t13-,14-/m0/s1. The Hall–Kier alpha value is -1.02. The number of carbonyl (C=O) groups excluding carboxylic acids is 1. The molecule has 0 aromatic carbocycles. The third kappa shape index (κ3) is 3.03. The first-order chi connectivity index (χ1) is 11.2. The summed E-state index contributed by atoms with van der Waals surface area (Å²) in [7, 11) is 0. The van der Waals surface area contributed by atoms with Crippen molar-refractivity contribution in [1.29, 1.82) is 0 Å². The van der Waals surface area contributed by atoms with Crippen LogP contribution < -0.4 is 0 Å². The van der Waals surface area contributed by atoms with Gasteiger partial charge in [0, 0.05) is 43.8 Å². The van der Waals surface area contributed by atoms with Crippen LogP contribution in [0.1, 0.15) is 23.4 Å². The summed E-state index contributed by atoms with van der Waals surface area (Å²) in [6.45, 7) is 6.50. The molecule has 3 saturated heterocycles. The Labute approximate surface area is 140 Å². The number of morpholine rings is 1. The molecule has 7 heteroatoms. The maximum atomic E-state index is 12.4. The molecule has 1 aromatic heterocycles. The fourth-order valence-corrected chi connectivity index (χ4v) is 4.77. The Morgan fingerprint density at radius 3 is 2.91 bits per heavy atom. The summed E-state index contributed by atoms with van der Waals surface area (Å²) >= 11 is 1.71. The van der Waals surface area contributed by atoms with Gasteiger partial charge in [-0.05, 0) is 19.8 Å². The summed E-state index contributed by atoms with van der Waals surface area (Å²) in [5.74, 6) is 0.147. The van der Waals surface area contributed by atoms with Crippen molar-refractivity contribution >= 4 is 17.2 Å². The molecule has 0 saturated carbocycles. The van der Waals surface area contributed by atoms with Gasteiger partial charge < -0.3 is 14.4 Å². The molecule has 3 aliphatic heterocycles. The minimum atomic E-state index is 0.142. The highest BCUT2D eigenvalue weighted by atomic mass is 32.1. The Morgan fingerprint density at radius 1 is 1.35 bits per heavy atom. The van der Waals surface area contributed by atoms with Gasteiger partial charge in [0.15, 0.2) is 0 Å². The average Bonchev–Trinajstić information content (AvgIpc) is 3.15. The van der Waals surface area contributed by atoms with Crippen molar-refractivity contribution in [2.75, 3.05) is 32.9 Å². The van der Waals surface area contributed by atoms with Gasteiger partial charge in [-0.3, -0.25) is 9.69 Å². The summed E-state index contributed by atoms with van der Waals surface area (Å²) in [4.78, 5) is 22.6. The maximum Gasteiger partial charge on any atom is 0.249 e.